The van der Waals surface area contributed by atoms with Crippen LogP contribution in [0.15, 0.2) is 18.2 Å². The van der Waals surface area contributed by atoms with Crippen molar-refractivity contribution in [2.45, 2.75) is 45.6 Å². The van der Waals surface area contributed by atoms with Crippen molar-refractivity contribution in [1.29, 1.82) is 5.26 Å². The van der Waals surface area contributed by atoms with E-state index in [0.29, 0.717) is 0 Å². The normalized spacial score (nSPS) is 12.9. The van der Waals surface area contributed by atoms with Gasteiger partial charge in [-0.2, -0.15) is 5.26 Å². The van der Waals surface area contributed by atoms with Crippen LogP contribution in [0.1, 0.15) is 38.8 Å². The average Bonchev–Trinajstić information content (AvgIpc) is 2.34. The minimum atomic E-state index is -0.580. The molecule has 3 heteroatoms. The smallest absolute Gasteiger partial charge is 0.127 e. The van der Waals surface area contributed by atoms with Gasteiger partial charge in [0.2, 0.25) is 0 Å². The van der Waals surface area contributed by atoms with Crippen molar-refractivity contribution in [2.75, 3.05) is 6.61 Å². The Kier molecular flexibility index (Phi) is 4.75. The fourth-order valence-electron chi connectivity index (χ4n) is 1.73. The fourth-order valence-corrected chi connectivity index (χ4v) is 1.73. The molecule has 18 heavy (non-hydrogen) atoms. The first kappa shape index (κ1) is 14.5. The highest BCUT2D eigenvalue weighted by Crippen LogP contribution is 2.32. The quantitative estimate of drug-likeness (QED) is 0.888. The van der Waals surface area contributed by atoms with Crippen molar-refractivity contribution < 1.29 is 4.74 Å². The highest BCUT2D eigenvalue weighted by atomic mass is 16.5. The van der Waals surface area contributed by atoms with Crippen LogP contribution in [0.2, 0.25) is 0 Å². The fraction of sp³-hybridized carbons (Fsp3) is 0.533. The second-order valence-corrected chi connectivity index (χ2v) is 5.48. The molecule has 0 aliphatic carbocycles. The van der Waals surface area contributed by atoms with Gasteiger partial charge >= 0.3 is 0 Å². The number of rotatable bonds is 4. The van der Waals surface area contributed by atoms with Gasteiger partial charge in [0.1, 0.15) is 18.4 Å². The maximum absolute atomic E-state index is 8.67. The molecule has 1 atom stereocenters. The molecule has 98 valence electrons. The van der Waals surface area contributed by atoms with Gasteiger partial charge in [0.05, 0.1) is 6.07 Å². The summed E-state index contributed by atoms with van der Waals surface area (Å²) < 4.78 is 5.67. The lowest BCUT2D eigenvalue weighted by molar-refractivity contribution is 0.300. The zero-order valence-electron chi connectivity index (χ0n) is 11.7. The Labute approximate surface area is 110 Å². The van der Waals surface area contributed by atoms with Crippen LogP contribution in [0.5, 0.6) is 5.75 Å². The van der Waals surface area contributed by atoms with Crippen LogP contribution in [-0.4, -0.2) is 12.6 Å². The molecule has 0 aromatic heterocycles. The molecule has 3 nitrogen and oxygen atoms in total. The summed E-state index contributed by atoms with van der Waals surface area (Å²) in [7, 11) is 0. The van der Waals surface area contributed by atoms with E-state index >= 15 is 0 Å². The van der Waals surface area contributed by atoms with Crippen LogP contribution >= 0.6 is 0 Å². The number of aryl methyl sites for hydroxylation is 1. The molecule has 0 saturated carbocycles. The highest BCUT2D eigenvalue weighted by Gasteiger charge is 2.19. The maximum Gasteiger partial charge on any atom is 0.127 e. The van der Waals surface area contributed by atoms with Gasteiger partial charge in [0.25, 0.3) is 0 Å². The number of benzene rings is 1. The summed E-state index contributed by atoms with van der Waals surface area (Å²) in [6, 6.07) is 7.60. The monoisotopic (exact) mass is 246 g/mol. The van der Waals surface area contributed by atoms with Crippen molar-refractivity contribution in [3.05, 3.63) is 29.3 Å². The molecule has 0 amide bonds. The van der Waals surface area contributed by atoms with E-state index in [1.807, 2.05) is 12.1 Å². The lowest BCUT2D eigenvalue weighted by Gasteiger charge is -2.24. The van der Waals surface area contributed by atoms with E-state index in [-0.39, 0.29) is 12.0 Å². The number of nitriles is 1. The van der Waals surface area contributed by atoms with E-state index < -0.39 is 6.04 Å². The maximum atomic E-state index is 8.67. The van der Waals surface area contributed by atoms with E-state index in [4.69, 9.17) is 15.7 Å². The molecule has 1 rings (SSSR count). The summed E-state index contributed by atoms with van der Waals surface area (Å²) >= 11 is 0. The van der Waals surface area contributed by atoms with E-state index in [2.05, 4.69) is 39.8 Å². The Bertz CT molecular complexity index is 441. The van der Waals surface area contributed by atoms with Gasteiger partial charge in [-0.25, -0.2) is 0 Å². The van der Waals surface area contributed by atoms with Gasteiger partial charge in [-0.1, -0.05) is 39.8 Å². The highest BCUT2D eigenvalue weighted by molar-refractivity contribution is 5.41. The molecule has 0 fully saturated rings. The molecule has 0 saturated heterocycles. The van der Waals surface area contributed by atoms with Gasteiger partial charge < -0.3 is 10.5 Å². The van der Waals surface area contributed by atoms with Crippen molar-refractivity contribution in [3.8, 4) is 11.8 Å². The summed E-state index contributed by atoms with van der Waals surface area (Å²) in [6.07, 6.45) is 1.00. The number of hydrogen-bond acceptors (Lipinski definition) is 3. The Balaban J connectivity index is 3.00. The summed E-state index contributed by atoms with van der Waals surface area (Å²) in [4.78, 5) is 0. The SMILES string of the molecule is CCc1ccc(OCC(N)C#N)c(C(C)(C)C)c1. The predicted molar refractivity (Wildman–Crippen MR) is 73.6 cm³/mol. The summed E-state index contributed by atoms with van der Waals surface area (Å²) in [5, 5.41) is 8.67. The number of hydrogen-bond donors (Lipinski definition) is 1. The first-order valence-corrected chi connectivity index (χ1v) is 6.30. The van der Waals surface area contributed by atoms with Crippen LogP contribution in [-0.2, 0) is 11.8 Å². The standard InChI is InChI=1S/C15H22N2O/c1-5-11-6-7-14(18-10-12(17)9-16)13(8-11)15(2,3)4/h6-8,12H,5,10,17H2,1-4H3. The zero-order chi connectivity index (χ0) is 13.8. The van der Waals surface area contributed by atoms with Crippen LogP contribution in [0.4, 0.5) is 0 Å². The molecule has 0 spiro atoms. The molecule has 0 radical (unpaired) electrons. The molecule has 2 N–H and O–H groups in total. The van der Waals surface area contributed by atoms with Gasteiger partial charge in [-0.15, -0.1) is 0 Å². The van der Waals surface area contributed by atoms with Crippen LogP contribution in [0.3, 0.4) is 0 Å². The minimum Gasteiger partial charge on any atom is -0.491 e. The second-order valence-electron chi connectivity index (χ2n) is 5.48. The van der Waals surface area contributed by atoms with E-state index in [0.717, 1.165) is 17.7 Å². The lowest BCUT2D eigenvalue weighted by atomic mass is 9.85. The summed E-state index contributed by atoms with van der Waals surface area (Å²) in [5.41, 5.74) is 8.01. The first-order chi connectivity index (χ1) is 8.38. The zero-order valence-corrected chi connectivity index (χ0v) is 11.7. The largest absolute Gasteiger partial charge is 0.491 e. The Hall–Kier alpha value is -1.53. The Morgan fingerprint density at radius 1 is 1.39 bits per heavy atom. The first-order valence-electron chi connectivity index (χ1n) is 6.30. The third-order valence-electron chi connectivity index (χ3n) is 2.84. The van der Waals surface area contributed by atoms with Crippen molar-refractivity contribution in [3.63, 3.8) is 0 Å². The molecule has 0 bridgehead atoms. The van der Waals surface area contributed by atoms with Gasteiger partial charge in [-0.3, -0.25) is 0 Å². The van der Waals surface area contributed by atoms with E-state index in [1.54, 1.807) is 0 Å². The minimum absolute atomic E-state index is 0.0112. The molecule has 1 aromatic carbocycles. The summed E-state index contributed by atoms with van der Waals surface area (Å²) in [5.74, 6) is 0.824. The van der Waals surface area contributed by atoms with Gasteiger partial charge in [0.15, 0.2) is 0 Å². The molecule has 0 aliphatic heterocycles. The second kappa shape index (κ2) is 5.88. The van der Waals surface area contributed by atoms with E-state index in [1.165, 1.54) is 5.56 Å². The molecular formula is C15H22N2O. The Morgan fingerprint density at radius 2 is 2.06 bits per heavy atom. The van der Waals surface area contributed by atoms with Crippen LogP contribution < -0.4 is 10.5 Å². The molecular weight excluding hydrogens is 224 g/mol. The van der Waals surface area contributed by atoms with Crippen molar-refractivity contribution in [2.24, 2.45) is 5.73 Å². The molecule has 0 aliphatic rings. The predicted octanol–water partition coefficient (Wildman–Crippen LogP) is 2.78. The average molecular weight is 246 g/mol. The van der Waals surface area contributed by atoms with Gasteiger partial charge in [0, 0.05) is 0 Å². The van der Waals surface area contributed by atoms with Crippen LogP contribution in [0, 0.1) is 11.3 Å². The number of nitrogens with two attached hydrogens (primary N) is 1. The molecule has 0 heterocycles. The third kappa shape index (κ3) is 3.75. The lowest BCUT2D eigenvalue weighted by Crippen LogP contribution is -2.26. The van der Waals surface area contributed by atoms with Gasteiger partial charge in [-0.05, 0) is 29.0 Å². The number of nitrogens with zero attached hydrogens (tertiary/aromatic N) is 1. The van der Waals surface area contributed by atoms with Crippen molar-refractivity contribution >= 4 is 0 Å². The Morgan fingerprint density at radius 3 is 2.56 bits per heavy atom. The molecule has 1 aromatic rings. The third-order valence-corrected chi connectivity index (χ3v) is 2.84. The van der Waals surface area contributed by atoms with E-state index in [9.17, 15) is 0 Å². The number of ether oxygens (including phenoxy) is 1. The van der Waals surface area contributed by atoms with Crippen molar-refractivity contribution in [1.82, 2.24) is 0 Å². The topological polar surface area (TPSA) is 59.0 Å². The summed E-state index contributed by atoms with van der Waals surface area (Å²) in [6.45, 7) is 8.81. The molecule has 1 unspecified atom stereocenters. The van der Waals surface area contributed by atoms with Crippen LogP contribution in [0.25, 0.3) is 0 Å².